The highest BCUT2D eigenvalue weighted by Gasteiger charge is 2.25. The molecular formula is C30H32N4O4S2. The average Bonchev–Trinajstić information content (AvgIpc) is 3.51. The molecule has 208 valence electrons. The molecule has 0 aliphatic rings. The lowest BCUT2D eigenvalue weighted by Crippen LogP contribution is -2.16. The number of esters is 1. The molecule has 0 bridgehead atoms. The van der Waals surface area contributed by atoms with Crippen molar-refractivity contribution >= 4 is 40.0 Å². The zero-order valence-corrected chi connectivity index (χ0v) is 24.6. The van der Waals surface area contributed by atoms with Crippen molar-refractivity contribution < 1.29 is 19.1 Å². The first-order valence-corrected chi connectivity index (χ1v) is 14.6. The lowest BCUT2D eigenvalue weighted by atomic mass is 10.0. The molecule has 0 saturated carbocycles. The van der Waals surface area contributed by atoms with Gasteiger partial charge in [-0.15, -0.1) is 28.1 Å². The number of hydrogen-bond acceptors (Lipinski definition) is 8. The van der Waals surface area contributed by atoms with Gasteiger partial charge in [-0.25, -0.2) is 4.79 Å². The molecule has 0 saturated heterocycles. The van der Waals surface area contributed by atoms with E-state index in [0.29, 0.717) is 40.6 Å². The second-order valence-electron chi connectivity index (χ2n) is 9.37. The Kier molecular flexibility index (Phi) is 9.79. The van der Waals surface area contributed by atoms with Gasteiger partial charge >= 0.3 is 5.97 Å². The van der Waals surface area contributed by atoms with Crippen molar-refractivity contribution in [3.05, 3.63) is 77.7 Å². The van der Waals surface area contributed by atoms with Crippen molar-refractivity contribution in [3.8, 4) is 28.3 Å². The van der Waals surface area contributed by atoms with Crippen molar-refractivity contribution in [3.63, 3.8) is 0 Å². The van der Waals surface area contributed by atoms with E-state index in [9.17, 15) is 9.59 Å². The predicted molar refractivity (Wildman–Crippen MR) is 161 cm³/mol. The number of carbonyl (C=O) groups excluding carboxylic acids is 2. The summed E-state index contributed by atoms with van der Waals surface area (Å²) in [5.74, 6) is 1.22. The first-order chi connectivity index (χ1) is 19.3. The zero-order chi connectivity index (χ0) is 28.6. The SMILES string of the molecule is C=CCn1c(SCC(=O)Nc2sc(C)c(-c3ccccc3)c2C(=O)OC)nnc1-c1ccc(OCC(C)C)cc1. The molecule has 0 unspecified atom stereocenters. The summed E-state index contributed by atoms with van der Waals surface area (Å²) in [5, 5.41) is 12.7. The fourth-order valence-corrected chi connectivity index (χ4v) is 5.87. The summed E-state index contributed by atoms with van der Waals surface area (Å²) in [5.41, 5.74) is 2.88. The van der Waals surface area contributed by atoms with Crippen LogP contribution in [0.25, 0.3) is 22.5 Å². The molecule has 0 fully saturated rings. The molecule has 2 heterocycles. The van der Waals surface area contributed by atoms with Crippen molar-refractivity contribution in [1.29, 1.82) is 0 Å². The summed E-state index contributed by atoms with van der Waals surface area (Å²) in [6.45, 7) is 11.1. The molecule has 10 heteroatoms. The fourth-order valence-electron chi connectivity index (χ4n) is 4.04. The van der Waals surface area contributed by atoms with E-state index < -0.39 is 5.97 Å². The lowest BCUT2D eigenvalue weighted by Gasteiger charge is -2.10. The monoisotopic (exact) mass is 576 g/mol. The van der Waals surface area contributed by atoms with Gasteiger partial charge in [-0.2, -0.15) is 0 Å². The predicted octanol–water partition coefficient (Wildman–Crippen LogP) is 6.72. The fraction of sp³-hybridized carbons (Fsp3) is 0.267. The number of nitrogens with zero attached hydrogens (tertiary/aromatic N) is 3. The first-order valence-electron chi connectivity index (χ1n) is 12.8. The van der Waals surface area contributed by atoms with Crippen LogP contribution in [0.1, 0.15) is 29.1 Å². The van der Waals surface area contributed by atoms with Crippen LogP contribution in [-0.4, -0.2) is 46.1 Å². The minimum atomic E-state index is -0.498. The summed E-state index contributed by atoms with van der Waals surface area (Å²) in [7, 11) is 1.34. The number of methoxy groups -OCH3 is 1. The number of hydrogen-bond donors (Lipinski definition) is 1. The van der Waals surface area contributed by atoms with Gasteiger partial charge in [0, 0.05) is 22.5 Å². The van der Waals surface area contributed by atoms with Crippen LogP contribution in [0.2, 0.25) is 0 Å². The Balaban J connectivity index is 1.50. The molecule has 0 radical (unpaired) electrons. The van der Waals surface area contributed by atoms with Gasteiger partial charge in [-0.1, -0.05) is 62.0 Å². The third-order valence-electron chi connectivity index (χ3n) is 5.85. The topological polar surface area (TPSA) is 95.3 Å². The number of aromatic nitrogens is 3. The Morgan fingerprint density at radius 2 is 1.82 bits per heavy atom. The summed E-state index contributed by atoms with van der Waals surface area (Å²) < 4.78 is 12.8. The molecule has 2 aromatic carbocycles. The third kappa shape index (κ3) is 6.81. The highest BCUT2D eigenvalue weighted by Crippen LogP contribution is 2.40. The number of aryl methyl sites for hydroxylation is 1. The smallest absolute Gasteiger partial charge is 0.341 e. The number of rotatable bonds is 12. The molecule has 0 aliphatic heterocycles. The van der Waals surface area contributed by atoms with Crippen LogP contribution < -0.4 is 10.1 Å². The number of carbonyl (C=O) groups is 2. The van der Waals surface area contributed by atoms with Crippen LogP contribution in [0.4, 0.5) is 5.00 Å². The van der Waals surface area contributed by atoms with Crippen molar-refractivity contribution in [2.24, 2.45) is 5.92 Å². The van der Waals surface area contributed by atoms with Gasteiger partial charge in [0.2, 0.25) is 5.91 Å². The van der Waals surface area contributed by atoms with E-state index in [1.807, 2.05) is 66.1 Å². The van der Waals surface area contributed by atoms with E-state index in [1.54, 1.807) is 6.08 Å². The first kappa shape index (κ1) is 29.1. The molecule has 0 spiro atoms. The number of thiophene rings is 1. The van der Waals surface area contributed by atoms with Gasteiger partial charge in [-0.3, -0.25) is 9.36 Å². The van der Waals surface area contributed by atoms with E-state index in [1.165, 1.54) is 30.2 Å². The van der Waals surface area contributed by atoms with Gasteiger partial charge in [0.25, 0.3) is 0 Å². The molecule has 1 amide bonds. The number of thioether (sulfide) groups is 1. The van der Waals surface area contributed by atoms with Crippen molar-refractivity contribution in [2.45, 2.75) is 32.5 Å². The number of allylic oxidation sites excluding steroid dienone is 1. The summed E-state index contributed by atoms with van der Waals surface area (Å²) in [6.07, 6.45) is 1.76. The zero-order valence-electron chi connectivity index (χ0n) is 23.0. The molecule has 0 atom stereocenters. The second-order valence-corrected chi connectivity index (χ2v) is 11.5. The van der Waals surface area contributed by atoms with Crippen LogP contribution >= 0.6 is 23.1 Å². The van der Waals surface area contributed by atoms with Gasteiger partial charge < -0.3 is 14.8 Å². The summed E-state index contributed by atoms with van der Waals surface area (Å²) in [4.78, 5) is 26.7. The summed E-state index contributed by atoms with van der Waals surface area (Å²) in [6, 6.07) is 17.3. The Labute approximate surface area is 242 Å². The normalized spacial score (nSPS) is 10.9. The van der Waals surface area contributed by atoms with E-state index in [4.69, 9.17) is 9.47 Å². The molecule has 4 aromatic rings. The molecule has 8 nitrogen and oxygen atoms in total. The Morgan fingerprint density at radius 3 is 2.48 bits per heavy atom. The second kappa shape index (κ2) is 13.5. The van der Waals surface area contributed by atoms with Gasteiger partial charge in [-0.05, 0) is 42.7 Å². The Hall–Kier alpha value is -3.89. The van der Waals surface area contributed by atoms with Crippen molar-refractivity contribution in [1.82, 2.24) is 14.8 Å². The average molecular weight is 577 g/mol. The molecule has 4 rings (SSSR count). The van der Waals surface area contributed by atoms with E-state index in [0.717, 1.165) is 27.3 Å². The maximum atomic E-state index is 13.0. The maximum absolute atomic E-state index is 13.0. The number of nitrogens with one attached hydrogen (secondary N) is 1. The summed E-state index contributed by atoms with van der Waals surface area (Å²) >= 11 is 2.61. The maximum Gasteiger partial charge on any atom is 0.341 e. The largest absolute Gasteiger partial charge is 0.493 e. The van der Waals surface area contributed by atoms with Crippen LogP contribution in [0, 0.1) is 12.8 Å². The van der Waals surface area contributed by atoms with Crippen LogP contribution in [0.15, 0.2) is 72.4 Å². The molecule has 0 aliphatic carbocycles. The van der Waals surface area contributed by atoms with E-state index in [2.05, 4.69) is 35.9 Å². The molecule has 40 heavy (non-hydrogen) atoms. The van der Waals surface area contributed by atoms with Gasteiger partial charge in [0.05, 0.1) is 19.5 Å². The third-order valence-corrected chi connectivity index (χ3v) is 7.83. The van der Waals surface area contributed by atoms with Gasteiger partial charge in [0.15, 0.2) is 11.0 Å². The van der Waals surface area contributed by atoms with E-state index in [-0.39, 0.29) is 11.7 Å². The highest BCUT2D eigenvalue weighted by molar-refractivity contribution is 7.99. The number of ether oxygens (including phenoxy) is 2. The number of anilines is 1. The lowest BCUT2D eigenvalue weighted by molar-refractivity contribution is -0.113. The Morgan fingerprint density at radius 1 is 1.10 bits per heavy atom. The Bertz CT molecular complexity index is 1480. The highest BCUT2D eigenvalue weighted by atomic mass is 32.2. The quantitative estimate of drug-likeness (QED) is 0.114. The minimum Gasteiger partial charge on any atom is -0.493 e. The number of amides is 1. The molecule has 1 N–H and O–H groups in total. The van der Waals surface area contributed by atoms with E-state index >= 15 is 0 Å². The van der Waals surface area contributed by atoms with Crippen LogP contribution in [-0.2, 0) is 16.1 Å². The standard InChI is InChI=1S/C30H32N4O4S2/c1-6-16-34-27(22-12-14-23(15-13-22)38-17-19(2)3)32-33-30(34)39-18-24(35)31-28-26(29(36)37-5)25(20(4)40-28)21-10-8-7-9-11-21/h6-15,19H,1,16-18H2,2-5H3,(H,31,35). The van der Waals surface area contributed by atoms with Gasteiger partial charge in [0.1, 0.15) is 16.3 Å². The molecule has 2 aromatic heterocycles. The minimum absolute atomic E-state index is 0.0789. The number of benzene rings is 2. The molecular weight excluding hydrogens is 544 g/mol. The van der Waals surface area contributed by atoms with Crippen molar-refractivity contribution in [2.75, 3.05) is 24.8 Å². The van der Waals surface area contributed by atoms with Crippen LogP contribution in [0.3, 0.4) is 0 Å². The van der Waals surface area contributed by atoms with Crippen LogP contribution in [0.5, 0.6) is 5.75 Å².